The molecule has 0 saturated heterocycles. The minimum Gasteiger partial charge on any atom is -0.356 e. The molecule has 5 unspecified atom stereocenters. The van der Waals surface area contributed by atoms with Gasteiger partial charge in [0.15, 0.2) is 0 Å². The molecular formula is C32H59IN2O. The van der Waals surface area contributed by atoms with E-state index in [1.54, 1.807) is 0 Å². The SMILES string of the molecule is CC(CCNC(=O)CC[C@@H](C)[C@H]1CCC2C3CCC4CCCC[C@]4(C)C3CC[C@@]21C)CCN(C)C.I. The summed E-state index contributed by atoms with van der Waals surface area (Å²) in [6, 6.07) is 0. The zero-order chi connectivity index (χ0) is 25.2. The lowest BCUT2D eigenvalue weighted by Crippen LogP contribution is -2.53. The molecule has 9 atom stereocenters. The first-order chi connectivity index (χ1) is 16.6. The quantitative estimate of drug-likeness (QED) is 0.252. The van der Waals surface area contributed by atoms with Crippen LogP contribution in [0.15, 0.2) is 0 Å². The molecule has 0 radical (unpaired) electrons. The van der Waals surface area contributed by atoms with E-state index in [1.165, 1.54) is 70.6 Å². The maximum Gasteiger partial charge on any atom is 0.220 e. The molecule has 4 heteroatoms. The van der Waals surface area contributed by atoms with Gasteiger partial charge in [-0.25, -0.2) is 0 Å². The molecule has 0 aromatic carbocycles. The van der Waals surface area contributed by atoms with Crippen LogP contribution in [-0.4, -0.2) is 38.0 Å². The summed E-state index contributed by atoms with van der Waals surface area (Å²) >= 11 is 0. The molecule has 0 bridgehead atoms. The number of hydrogen-bond acceptors (Lipinski definition) is 2. The Labute approximate surface area is 241 Å². The van der Waals surface area contributed by atoms with Crippen LogP contribution in [-0.2, 0) is 4.79 Å². The Hall–Kier alpha value is 0.160. The van der Waals surface area contributed by atoms with Crippen LogP contribution in [0.25, 0.3) is 0 Å². The summed E-state index contributed by atoms with van der Waals surface area (Å²) in [4.78, 5) is 14.9. The molecule has 0 heterocycles. The molecule has 210 valence electrons. The van der Waals surface area contributed by atoms with Gasteiger partial charge >= 0.3 is 0 Å². The van der Waals surface area contributed by atoms with E-state index in [-0.39, 0.29) is 29.9 Å². The lowest BCUT2D eigenvalue weighted by atomic mass is 9.44. The van der Waals surface area contributed by atoms with E-state index < -0.39 is 0 Å². The zero-order valence-electron chi connectivity index (χ0n) is 24.6. The fraction of sp³-hybridized carbons (Fsp3) is 0.969. The van der Waals surface area contributed by atoms with Gasteiger partial charge in [-0.3, -0.25) is 4.79 Å². The molecule has 3 nitrogen and oxygen atoms in total. The van der Waals surface area contributed by atoms with E-state index in [9.17, 15) is 4.79 Å². The van der Waals surface area contributed by atoms with Gasteiger partial charge in [-0.2, -0.15) is 0 Å². The summed E-state index contributed by atoms with van der Waals surface area (Å²) in [5, 5.41) is 3.23. The van der Waals surface area contributed by atoms with E-state index >= 15 is 0 Å². The molecule has 4 fully saturated rings. The number of amides is 1. The number of nitrogens with one attached hydrogen (secondary N) is 1. The Morgan fingerprint density at radius 2 is 1.64 bits per heavy atom. The van der Waals surface area contributed by atoms with Crippen molar-refractivity contribution in [1.29, 1.82) is 0 Å². The van der Waals surface area contributed by atoms with E-state index in [0.717, 1.165) is 61.9 Å². The molecule has 4 aliphatic carbocycles. The van der Waals surface area contributed by atoms with Gasteiger partial charge in [-0.1, -0.05) is 40.5 Å². The maximum absolute atomic E-state index is 12.6. The van der Waals surface area contributed by atoms with Crippen LogP contribution in [0.3, 0.4) is 0 Å². The Morgan fingerprint density at radius 3 is 2.39 bits per heavy atom. The summed E-state index contributed by atoms with van der Waals surface area (Å²) in [5.74, 6) is 6.41. The number of halogens is 1. The van der Waals surface area contributed by atoms with E-state index in [0.29, 0.717) is 22.7 Å². The fourth-order valence-corrected chi connectivity index (χ4v) is 10.00. The Kier molecular flexibility index (Phi) is 11.1. The van der Waals surface area contributed by atoms with E-state index in [4.69, 9.17) is 0 Å². The Bertz CT molecular complexity index is 712. The number of nitrogens with zero attached hydrogens (tertiary/aromatic N) is 1. The molecule has 1 N–H and O–H groups in total. The lowest BCUT2D eigenvalue weighted by Gasteiger charge is -2.61. The Morgan fingerprint density at radius 1 is 0.889 bits per heavy atom. The van der Waals surface area contributed by atoms with Crippen LogP contribution < -0.4 is 5.32 Å². The van der Waals surface area contributed by atoms with Gasteiger partial charge in [-0.05, 0) is 144 Å². The maximum atomic E-state index is 12.6. The monoisotopic (exact) mass is 614 g/mol. The van der Waals surface area contributed by atoms with E-state index in [1.807, 2.05) is 0 Å². The number of fused-ring (bicyclic) bond motifs is 5. The van der Waals surface area contributed by atoms with Gasteiger partial charge in [0, 0.05) is 13.0 Å². The van der Waals surface area contributed by atoms with Crippen LogP contribution in [0.1, 0.15) is 118 Å². The van der Waals surface area contributed by atoms with Crippen LogP contribution in [0, 0.1) is 52.3 Å². The van der Waals surface area contributed by atoms with Gasteiger partial charge in [0.2, 0.25) is 5.91 Å². The molecule has 4 rings (SSSR count). The van der Waals surface area contributed by atoms with Crippen molar-refractivity contribution in [3.8, 4) is 0 Å². The summed E-state index contributed by atoms with van der Waals surface area (Å²) in [5.41, 5.74) is 1.17. The van der Waals surface area contributed by atoms with Crippen molar-refractivity contribution < 1.29 is 4.79 Å². The molecule has 36 heavy (non-hydrogen) atoms. The van der Waals surface area contributed by atoms with Crippen LogP contribution >= 0.6 is 24.0 Å². The lowest BCUT2D eigenvalue weighted by molar-refractivity contribution is -0.122. The van der Waals surface area contributed by atoms with Gasteiger partial charge in [0.05, 0.1) is 0 Å². The smallest absolute Gasteiger partial charge is 0.220 e. The van der Waals surface area contributed by atoms with Crippen molar-refractivity contribution in [2.24, 2.45) is 52.3 Å². The third-order valence-electron chi connectivity index (χ3n) is 12.2. The third kappa shape index (κ3) is 6.48. The number of hydrogen-bond donors (Lipinski definition) is 1. The van der Waals surface area contributed by atoms with Gasteiger partial charge in [0.25, 0.3) is 0 Å². The predicted molar refractivity (Wildman–Crippen MR) is 164 cm³/mol. The van der Waals surface area contributed by atoms with Crippen molar-refractivity contribution >= 4 is 29.9 Å². The first-order valence-electron chi connectivity index (χ1n) is 15.6. The molecule has 0 spiro atoms. The van der Waals surface area contributed by atoms with Gasteiger partial charge in [-0.15, -0.1) is 24.0 Å². The van der Waals surface area contributed by atoms with Crippen LogP contribution in [0.2, 0.25) is 0 Å². The molecule has 0 aromatic rings. The number of rotatable bonds is 10. The normalized spacial score (nSPS) is 39.4. The first kappa shape index (κ1) is 30.7. The molecule has 1 amide bonds. The van der Waals surface area contributed by atoms with Crippen molar-refractivity contribution in [3.63, 3.8) is 0 Å². The molecule has 4 saturated carbocycles. The van der Waals surface area contributed by atoms with Crippen molar-refractivity contribution in [2.75, 3.05) is 27.2 Å². The second-order valence-corrected chi connectivity index (χ2v) is 14.5. The molecule has 4 aliphatic rings. The average Bonchev–Trinajstić information content (AvgIpc) is 3.18. The molecule has 0 aliphatic heterocycles. The highest BCUT2D eigenvalue weighted by Crippen LogP contribution is 2.68. The third-order valence-corrected chi connectivity index (χ3v) is 12.2. The number of carbonyl (C=O) groups excluding carboxylic acids is 1. The second kappa shape index (κ2) is 13.0. The second-order valence-electron chi connectivity index (χ2n) is 14.5. The highest BCUT2D eigenvalue weighted by Gasteiger charge is 2.60. The molecule has 0 aromatic heterocycles. The van der Waals surface area contributed by atoms with Crippen LogP contribution in [0.4, 0.5) is 0 Å². The minimum absolute atomic E-state index is 0. The van der Waals surface area contributed by atoms with Gasteiger partial charge < -0.3 is 10.2 Å². The van der Waals surface area contributed by atoms with E-state index in [2.05, 4.69) is 52.0 Å². The summed E-state index contributed by atoms with van der Waals surface area (Å²) in [7, 11) is 4.27. The average molecular weight is 615 g/mol. The predicted octanol–water partition coefficient (Wildman–Crippen LogP) is 8.16. The summed E-state index contributed by atoms with van der Waals surface area (Å²) < 4.78 is 0. The minimum atomic E-state index is 0. The highest BCUT2D eigenvalue weighted by atomic mass is 127. The topological polar surface area (TPSA) is 32.3 Å². The first-order valence-corrected chi connectivity index (χ1v) is 15.6. The summed E-state index contributed by atoms with van der Waals surface area (Å²) in [6.07, 6.45) is 18.9. The van der Waals surface area contributed by atoms with Crippen molar-refractivity contribution in [1.82, 2.24) is 10.2 Å². The van der Waals surface area contributed by atoms with Crippen molar-refractivity contribution in [3.05, 3.63) is 0 Å². The highest BCUT2D eigenvalue weighted by molar-refractivity contribution is 14.0. The van der Waals surface area contributed by atoms with Crippen molar-refractivity contribution in [2.45, 2.75) is 118 Å². The largest absolute Gasteiger partial charge is 0.356 e. The Balaban J connectivity index is 0.00000361. The number of carbonyl (C=O) groups is 1. The van der Waals surface area contributed by atoms with Crippen LogP contribution in [0.5, 0.6) is 0 Å². The zero-order valence-corrected chi connectivity index (χ0v) is 26.9. The van der Waals surface area contributed by atoms with Gasteiger partial charge in [0.1, 0.15) is 0 Å². The summed E-state index contributed by atoms with van der Waals surface area (Å²) in [6.45, 7) is 12.1. The fourth-order valence-electron chi connectivity index (χ4n) is 10.00. The molecular weight excluding hydrogens is 555 g/mol. The standard InChI is InChI=1S/C32H58N2O.HI/c1-23(18-22-34(5)6)17-21-33-30(35)15-10-24(2)27-13-14-28-26-12-11-25-9-7-8-19-31(25,3)29(26)16-20-32(27,28)4;/h23-29H,7-22H2,1-6H3,(H,33,35);1H/t23?,24-,25?,26?,27-,28?,29?,31+,32-;/m1./s1.